The molecule has 1 aromatic rings. The van der Waals surface area contributed by atoms with Crippen LogP contribution in [0.25, 0.3) is 0 Å². The summed E-state index contributed by atoms with van der Waals surface area (Å²) in [5.74, 6) is -0.250. The number of hydrogen-bond acceptors (Lipinski definition) is 3. The van der Waals surface area contributed by atoms with Crippen LogP contribution in [0.5, 0.6) is 5.75 Å². The second-order valence-corrected chi connectivity index (χ2v) is 3.26. The van der Waals surface area contributed by atoms with Gasteiger partial charge in [-0.2, -0.15) is 5.26 Å². The van der Waals surface area contributed by atoms with Crippen molar-refractivity contribution < 1.29 is 17.9 Å². The number of unbranched alkanes of at least 4 members (excludes halogenated alkanes) is 1. The fraction of sp³-hybridized carbons (Fsp3) is 0.364. The number of nitrogens with zero attached hydrogens (tertiary/aromatic N) is 1. The lowest BCUT2D eigenvalue weighted by atomic mass is 10.3. The molecule has 6 heteroatoms. The highest BCUT2D eigenvalue weighted by atomic mass is 19.4. The molecule has 17 heavy (non-hydrogen) atoms. The van der Waals surface area contributed by atoms with Crippen molar-refractivity contribution >= 4 is 5.69 Å². The zero-order valence-electron chi connectivity index (χ0n) is 8.92. The minimum absolute atomic E-state index is 0.250. The first-order valence-electron chi connectivity index (χ1n) is 4.98. The lowest BCUT2D eigenvalue weighted by Gasteiger charge is -2.10. The van der Waals surface area contributed by atoms with Gasteiger partial charge in [0.15, 0.2) is 0 Å². The number of alkyl halides is 3. The molecule has 0 saturated carbocycles. The van der Waals surface area contributed by atoms with Gasteiger partial charge in [-0.05, 0) is 30.7 Å². The first-order chi connectivity index (χ1) is 8.01. The summed E-state index contributed by atoms with van der Waals surface area (Å²) in [7, 11) is 0. The van der Waals surface area contributed by atoms with Crippen LogP contribution in [0.3, 0.4) is 0 Å². The Kier molecular flexibility index (Phi) is 4.64. The molecule has 0 heterocycles. The van der Waals surface area contributed by atoms with Crippen LogP contribution in [0.4, 0.5) is 18.9 Å². The van der Waals surface area contributed by atoms with Crippen LogP contribution in [0.2, 0.25) is 0 Å². The molecule has 0 spiro atoms. The van der Waals surface area contributed by atoms with E-state index < -0.39 is 6.36 Å². The Morgan fingerprint density at radius 3 is 2.41 bits per heavy atom. The molecule has 0 amide bonds. The first kappa shape index (κ1) is 13.2. The van der Waals surface area contributed by atoms with Crippen LogP contribution in [0.15, 0.2) is 24.3 Å². The Morgan fingerprint density at radius 1 is 1.24 bits per heavy atom. The second-order valence-electron chi connectivity index (χ2n) is 3.26. The second kappa shape index (κ2) is 5.99. The van der Waals surface area contributed by atoms with E-state index in [2.05, 4.69) is 10.1 Å². The minimum Gasteiger partial charge on any atom is -0.406 e. The number of benzene rings is 1. The summed E-state index contributed by atoms with van der Waals surface area (Å²) in [6.45, 7) is 0.604. The highest BCUT2D eigenvalue weighted by Crippen LogP contribution is 2.23. The number of hydrogen-bond donors (Lipinski definition) is 1. The predicted molar refractivity (Wildman–Crippen MR) is 56.5 cm³/mol. The Hall–Kier alpha value is -1.90. The monoisotopic (exact) mass is 244 g/mol. The van der Waals surface area contributed by atoms with E-state index in [1.165, 1.54) is 24.3 Å². The summed E-state index contributed by atoms with van der Waals surface area (Å²) in [4.78, 5) is 0. The quantitative estimate of drug-likeness (QED) is 0.808. The molecule has 1 aromatic carbocycles. The molecule has 0 aliphatic carbocycles. The maximum atomic E-state index is 11.9. The maximum Gasteiger partial charge on any atom is 0.573 e. The number of nitriles is 1. The summed E-state index contributed by atoms with van der Waals surface area (Å²) >= 11 is 0. The fourth-order valence-corrected chi connectivity index (χ4v) is 1.17. The van der Waals surface area contributed by atoms with Crippen molar-refractivity contribution in [3.8, 4) is 11.8 Å². The lowest BCUT2D eigenvalue weighted by molar-refractivity contribution is -0.274. The van der Waals surface area contributed by atoms with Crippen molar-refractivity contribution in [2.75, 3.05) is 11.9 Å². The molecule has 0 fully saturated rings. The summed E-state index contributed by atoms with van der Waals surface area (Å²) < 4.78 is 39.3. The van der Waals surface area contributed by atoms with Crippen molar-refractivity contribution in [2.24, 2.45) is 0 Å². The smallest absolute Gasteiger partial charge is 0.406 e. The molecule has 0 saturated heterocycles. The summed E-state index contributed by atoms with van der Waals surface area (Å²) in [6.07, 6.45) is -3.53. The number of nitrogens with one attached hydrogen (secondary N) is 1. The van der Waals surface area contributed by atoms with Gasteiger partial charge in [0.25, 0.3) is 0 Å². The van der Waals surface area contributed by atoms with E-state index in [9.17, 15) is 13.2 Å². The van der Waals surface area contributed by atoms with Crippen molar-refractivity contribution in [3.05, 3.63) is 24.3 Å². The van der Waals surface area contributed by atoms with Crippen molar-refractivity contribution in [1.82, 2.24) is 0 Å². The molecule has 0 unspecified atom stereocenters. The molecular weight excluding hydrogens is 233 g/mol. The maximum absolute atomic E-state index is 11.9. The molecule has 3 nitrogen and oxygen atoms in total. The molecule has 0 aliphatic heterocycles. The van der Waals surface area contributed by atoms with Gasteiger partial charge >= 0.3 is 6.36 Å². The molecule has 0 bridgehead atoms. The zero-order chi connectivity index (χ0) is 12.7. The lowest BCUT2D eigenvalue weighted by Crippen LogP contribution is -2.17. The minimum atomic E-state index is -4.66. The molecule has 0 radical (unpaired) electrons. The van der Waals surface area contributed by atoms with Crippen molar-refractivity contribution in [1.29, 1.82) is 5.26 Å². The van der Waals surface area contributed by atoms with Crippen LogP contribution < -0.4 is 10.1 Å². The van der Waals surface area contributed by atoms with Gasteiger partial charge in [0.1, 0.15) is 5.75 Å². The third-order valence-electron chi connectivity index (χ3n) is 1.88. The van der Waals surface area contributed by atoms with Crippen molar-refractivity contribution in [2.45, 2.75) is 19.2 Å². The normalized spacial score (nSPS) is 10.7. The summed E-state index contributed by atoms with van der Waals surface area (Å²) in [6, 6.07) is 7.46. The molecule has 0 aromatic heterocycles. The Morgan fingerprint density at radius 2 is 1.88 bits per heavy atom. The van der Waals surface area contributed by atoms with Gasteiger partial charge in [-0.1, -0.05) is 0 Å². The highest BCUT2D eigenvalue weighted by molar-refractivity contribution is 5.46. The topological polar surface area (TPSA) is 45.0 Å². The van der Waals surface area contributed by atoms with Crippen LogP contribution in [-0.2, 0) is 0 Å². The van der Waals surface area contributed by atoms with E-state index in [1.807, 2.05) is 6.07 Å². The largest absolute Gasteiger partial charge is 0.573 e. The van der Waals surface area contributed by atoms with E-state index in [0.717, 1.165) is 0 Å². The van der Waals surface area contributed by atoms with Crippen LogP contribution in [0, 0.1) is 11.3 Å². The third-order valence-corrected chi connectivity index (χ3v) is 1.88. The molecule has 0 atom stereocenters. The predicted octanol–water partition coefficient (Wildman–Crippen LogP) is 3.30. The summed E-state index contributed by atoms with van der Waals surface area (Å²) in [5, 5.41) is 11.3. The molecular formula is C11H11F3N2O. The molecule has 0 aliphatic rings. The number of ether oxygens (including phenoxy) is 1. The highest BCUT2D eigenvalue weighted by Gasteiger charge is 2.30. The third kappa shape index (κ3) is 5.66. The van der Waals surface area contributed by atoms with Crippen LogP contribution in [-0.4, -0.2) is 12.9 Å². The Bertz CT molecular complexity index is 381. The van der Waals surface area contributed by atoms with E-state index in [-0.39, 0.29) is 5.75 Å². The standard InChI is InChI=1S/C11H11F3N2O/c12-11(13,14)17-10-5-3-9(4-6-10)16-8-2-1-7-15/h3-6,16H,1-2,8H2. The van der Waals surface area contributed by atoms with E-state index in [4.69, 9.17) is 5.26 Å². The number of rotatable bonds is 5. The van der Waals surface area contributed by atoms with Gasteiger partial charge < -0.3 is 10.1 Å². The van der Waals surface area contributed by atoms with E-state index >= 15 is 0 Å². The van der Waals surface area contributed by atoms with Crippen LogP contribution in [0.1, 0.15) is 12.8 Å². The Balaban J connectivity index is 2.43. The summed E-state index contributed by atoms with van der Waals surface area (Å²) in [5.41, 5.74) is 0.692. The van der Waals surface area contributed by atoms with Gasteiger partial charge in [-0.25, -0.2) is 0 Å². The van der Waals surface area contributed by atoms with Gasteiger partial charge in [-0.15, -0.1) is 13.2 Å². The molecule has 1 N–H and O–H groups in total. The van der Waals surface area contributed by atoms with Gasteiger partial charge in [-0.3, -0.25) is 0 Å². The average molecular weight is 244 g/mol. The Labute approximate surface area is 96.8 Å². The zero-order valence-corrected chi connectivity index (χ0v) is 8.92. The van der Waals surface area contributed by atoms with Crippen molar-refractivity contribution in [3.63, 3.8) is 0 Å². The fourth-order valence-electron chi connectivity index (χ4n) is 1.17. The van der Waals surface area contributed by atoms with E-state index in [1.54, 1.807) is 0 Å². The van der Waals surface area contributed by atoms with Gasteiger partial charge in [0, 0.05) is 18.7 Å². The molecule has 1 rings (SSSR count). The van der Waals surface area contributed by atoms with E-state index in [0.29, 0.717) is 25.1 Å². The molecule has 92 valence electrons. The number of anilines is 1. The van der Waals surface area contributed by atoms with Gasteiger partial charge in [0.2, 0.25) is 0 Å². The number of halogens is 3. The van der Waals surface area contributed by atoms with Gasteiger partial charge in [0.05, 0.1) is 6.07 Å². The SMILES string of the molecule is N#CCCCNc1ccc(OC(F)(F)F)cc1. The van der Waals surface area contributed by atoms with Crippen LogP contribution >= 0.6 is 0 Å². The first-order valence-corrected chi connectivity index (χ1v) is 4.98. The average Bonchev–Trinajstić information content (AvgIpc) is 2.25.